The molecule has 0 aromatic heterocycles. The maximum absolute atomic E-state index is 12.4. The van der Waals surface area contributed by atoms with Crippen LogP contribution in [0, 0.1) is 24.3 Å². The van der Waals surface area contributed by atoms with E-state index in [4.69, 9.17) is 0 Å². The maximum Gasteiger partial charge on any atom is 0.270 e. The van der Waals surface area contributed by atoms with Gasteiger partial charge in [0.1, 0.15) is 0 Å². The smallest absolute Gasteiger partial charge is 0.270 e. The molecule has 0 saturated heterocycles. The minimum absolute atomic E-state index is 0.121. The number of sulfonamides is 1. The van der Waals surface area contributed by atoms with Crippen LogP contribution in [0.15, 0.2) is 29.2 Å². The van der Waals surface area contributed by atoms with Crippen LogP contribution in [0.4, 0.5) is 0 Å². The van der Waals surface area contributed by atoms with Gasteiger partial charge in [-0.2, -0.15) is 0 Å². The third kappa shape index (κ3) is 4.27. The molecule has 0 aliphatic heterocycles. The van der Waals surface area contributed by atoms with Gasteiger partial charge < -0.3 is 5.11 Å². The van der Waals surface area contributed by atoms with Crippen LogP contribution in [0.1, 0.15) is 44.1 Å². The number of hydrogen-bond donors (Lipinski definition) is 1. The number of rotatable bonds is 4. The molecule has 5 heteroatoms. The summed E-state index contributed by atoms with van der Waals surface area (Å²) in [5.41, 5.74) is 0.861. The number of aryl methyl sites for hydroxylation is 1. The van der Waals surface area contributed by atoms with Gasteiger partial charge in [0.15, 0.2) is 0 Å². The molecule has 2 rings (SSSR count). The second kappa shape index (κ2) is 7.37. The summed E-state index contributed by atoms with van der Waals surface area (Å²) in [5.74, 6) is 2.97. The van der Waals surface area contributed by atoms with Crippen LogP contribution in [0.3, 0.4) is 0 Å². The molecule has 1 N–H and O–H groups in total. The molecule has 0 radical (unpaired) electrons. The van der Waals surface area contributed by atoms with Gasteiger partial charge in [-0.15, -0.1) is 0 Å². The zero-order valence-corrected chi connectivity index (χ0v) is 14.7. The summed E-state index contributed by atoms with van der Waals surface area (Å²) in [5, 5.41) is 9.67. The third-order valence-electron chi connectivity index (χ3n) is 4.63. The highest BCUT2D eigenvalue weighted by Crippen LogP contribution is 2.38. The van der Waals surface area contributed by atoms with Crippen molar-refractivity contribution < 1.29 is 13.5 Å². The summed E-state index contributed by atoms with van der Waals surface area (Å²) in [4.78, 5) is 0.245. The van der Waals surface area contributed by atoms with E-state index < -0.39 is 10.0 Å². The zero-order chi connectivity index (χ0) is 16.9. The summed E-state index contributed by atoms with van der Waals surface area (Å²) in [6, 6.07) is 9.47. The molecule has 0 amide bonds. The van der Waals surface area contributed by atoms with Crippen LogP contribution in [-0.4, -0.2) is 31.5 Å². The summed E-state index contributed by atoms with van der Waals surface area (Å²) >= 11 is 0. The lowest BCUT2D eigenvalue weighted by Crippen LogP contribution is -2.28. The molecule has 4 nitrogen and oxygen atoms in total. The van der Waals surface area contributed by atoms with Crippen LogP contribution in [0.25, 0.3) is 0 Å². The van der Waals surface area contributed by atoms with E-state index in [1.54, 1.807) is 24.3 Å². The highest BCUT2D eigenvalue weighted by atomic mass is 32.2. The number of benzene rings is 1. The molecule has 0 spiro atoms. The lowest BCUT2D eigenvalue weighted by molar-refractivity contribution is 0.0870. The van der Waals surface area contributed by atoms with E-state index in [2.05, 4.69) is 12.0 Å². The quantitative estimate of drug-likeness (QED) is 0.680. The van der Waals surface area contributed by atoms with E-state index >= 15 is 0 Å². The van der Waals surface area contributed by atoms with E-state index in [1.807, 2.05) is 6.92 Å². The minimum Gasteiger partial charge on any atom is -0.396 e. The number of hydrogen-bond acceptors (Lipinski definition) is 3. The van der Waals surface area contributed by atoms with Gasteiger partial charge >= 0.3 is 0 Å². The van der Waals surface area contributed by atoms with Gasteiger partial charge in [0.25, 0.3) is 10.0 Å². The first-order chi connectivity index (χ1) is 10.9. The Kier molecular flexibility index (Phi) is 5.72. The van der Waals surface area contributed by atoms with E-state index in [-0.39, 0.29) is 16.9 Å². The Morgan fingerprint density at radius 1 is 1.17 bits per heavy atom. The van der Waals surface area contributed by atoms with Crippen LogP contribution in [-0.2, 0) is 10.0 Å². The van der Waals surface area contributed by atoms with Crippen molar-refractivity contribution in [3.8, 4) is 12.0 Å². The van der Waals surface area contributed by atoms with Crippen LogP contribution in [0.2, 0.25) is 0 Å². The Morgan fingerprint density at radius 3 is 2.35 bits per heavy atom. The Labute approximate surface area is 139 Å². The van der Waals surface area contributed by atoms with Crippen molar-refractivity contribution in [2.75, 3.05) is 13.7 Å². The Morgan fingerprint density at radius 2 is 1.78 bits per heavy atom. The highest BCUT2D eigenvalue weighted by Gasteiger charge is 2.30. The molecule has 1 saturated carbocycles. The fraction of sp³-hybridized carbons (Fsp3) is 0.556. The Balaban J connectivity index is 2.09. The highest BCUT2D eigenvalue weighted by molar-refractivity contribution is 7.89. The maximum atomic E-state index is 12.4. The van der Waals surface area contributed by atoms with Crippen molar-refractivity contribution in [3.63, 3.8) is 0 Å². The predicted octanol–water partition coefficient (Wildman–Crippen LogP) is 2.91. The first-order valence-electron chi connectivity index (χ1n) is 8.05. The number of aliphatic hydroxyl groups is 1. The molecule has 0 atom stereocenters. The van der Waals surface area contributed by atoms with E-state index in [9.17, 15) is 13.5 Å². The van der Waals surface area contributed by atoms with Crippen molar-refractivity contribution in [3.05, 3.63) is 29.8 Å². The van der Waals surface area contributed by atoms with E-state index in [0.717, 1.165) is 35.6 Å². The lowest BCUT2D eigenvalue weighted by atomic mass is 9.73. The first kappa shape index (κ1) is 17.8. The molecular weight excluding hydrogens is 310 g/mol. The van der Waals surface area contributed by atoms with Gasteiger partial charge in [-0.1, -0.05) is 42.9 Å². The van der Waals surface area contributed by atoms with Crippen LogP contribution in [0.5, 0.6) is 0 Å². The topological polar surface area (TPSA) is 57.6 Å². The van der Waals surface area contributed by atoms with Gasteiger partial charge in [-0.05, 0) is 31.9 Å². The molecule has 1 aliphatic rings. The molecule has 126 valence electrons. The Hall–Kier alpha value is -1.51. The molecule has 1 aromatic carbocycles. The normalized spacial score (nSPS) is 17.2. The van der Waals surface area contributed by atoms with Crippen LogP contribution >= 0.6 is 0 Å². The molecule has 23 heavy (non-hydrogen) atoms. The summed E-state index contributed by atoms with van der Waals surface area (Å²) in [7, 11) is -2.12. The van der Waals surface area contributed by atoms with Crippen molar-refractivity contribution in [2.45, 2.75) is 50.3 Å². The first-order valence-corrected chi connectivity index (χ1v) is 9.49. The van der Waals surface area contributed by atoms with Crippen molar-refractivity contribution in [2.24, 2.45) is 5.41 Å². The Bertz CT molecular complexity index is 677. The summed E-state index contributed by atoms with van der Waals surface area (Å²) in [6.07, 6.45) is 5.90. The molecule has 0 bridgehead atoms. The monoisotopic (exact) mass is 335 g/mol. The van der Waals surface area contributed by atoms with Crippen molar-refractivity contribution in [1.82, 2.24) is 4.31 Å². The molecule has 1 fully saturated rings. The average Bonchev–Trinajstić information content (AvgIpc) is 2.56. The molecule has 1 aliphatic carbocycles. The van der Waals surface area contributed by atoms with Gasteiger partial charge in [-0.25, -0.2) is 12.7 Å². The number of nitrogens with zero attached hydrogens (tertiary/aromatic N) is 1. The number of aliphatic hydroxyl groups excluding tert-OH is 1. The lowest BCUT2D eigenvalue weighted by Gasteiger charge is -2.33. The van der Waals surface area contributed by atoms with Gasteiger partial charge in [-0.3, -0.25) is 0 Å². The third-order valence-corrected chi connectivity index (χ3v) is 6.31. The summed E-state index contributed by atoms with van der Waals surface area (Å²) in [6.45, 7) is 2.04. The minimum atomic E-state index is -3.59. The van der Waals surface area contributed by atoms with Crippen LogP contribution < -0.4 is 0 Å². The molecular formula is C18H25NO3S. The molecule has 0 unspecified atom stereocenters. The average molecular weight is 335 g/mol. The van der Waals surface area contributed by atoms with E-state index in [0.29, 0.717) is 6.42 Å². The van der Waals surface area contributed by atoms with Gasteiger partial charge in [0.05, 0.1) is 4.90 Å². The zero-order valence-electron chi connectivity index (χ0n) is 13.9. The fourth-order valence-corrected chi connectivity index (χ4v) is 3.94. The van der Waals surface area contributed by atoms with Gasteiger partial charge in [0.2, 0.25) is 0 Å². The summed E-state index contributed by atoms with van der Waals surface area (Å²) < 4.78 is 26.0. The molecule has 0 heterocycles. The van der Waals surface area contributed by atoms with Crippen molar-refractivity contribution >= 4 is 10.0 Å². The second-order valence-corrected chi connectivity index (χ2v) is 8.44. The standard InChI is InChI=1S/C18H25NO3S/c1-16-7-9-17(10-8-16)23(21,22)19(2)14-6-13-18(15-20)11-4-3-5-12-18/h7-10,20H,3-5,11-13,15H2,1-2H3. The van der Waals surface area contributed by atoms with E-state index in [1.165, 1.54) is 13.5 Å². The van der Waals surface area contributed by atoms with Gasteiger partial charge in [0, 0.05) is 31.5 Å². The fourth-order valence-electron chi connectivity index (χ4n) is 2.96. The van der Waals surface area contributed by atoms with Crippen molar-refractivity contribution in [1.29, 1.82) is 0 Å². The molecule has 1 aromatic rings. The SMILES string of the molecule is Cc1ccc(S(=O)(=O)N(C)C#CCC2(CO)CCCCC2)cc1. The predicted molar refractivity (Wildman–Crippen MR) is 91.1 cm³/mol. The largest absolute Gasteiger partial charge is 0.396 e. The second-order valence-electron chi connectivity index (χ2n) is 6.47.